The van der Waals surface area contributed by atoms with Crippen molar-refractivity contribution in [3.63, 3.8) is 0 Å². The minimum atomic E-state index is -1.02. The summed E-state index contributed by atoms with van der Waals surface area (Å²) in [5.74, 6) is -2.18. The van der Waals surface area contributed by atoms with Gasteiger partial charge in [0.05, 0.1) is 51.7 Å². The van der Waals surface area contributed by atoms with Gasteiger partial charge in [0.15, 0.2) is 11.6 Å². The number of carboxylic acid groups (broad SMARTS) is 1. The molecule has 6 rings (SSSR count). The maximum Gasteiger partial charge on any atom is 0.329 e. The van der Waals surface area contributed by atoms with Crippen LogP contribution in [0.4, 0.5) is 0 Å². The Hall–Kier alpha value is -6.61. The minimum absolute atomic E-state index is 0.0203. The number of carboxylic acids is 1. The topological polar surface area (TPSA) is 254 Å². The highest BCUT2D eigenvalue weighted by Gasteiger charge is 2.33. The SMILES string of the molecule is CC1COCC(C)N1CC(=O)NCN.Cc1cc(C)cc(-c2ncn(/C=C\C(=O)NNC(=O)C(=O)N3C(C)COCC3C)n2)c1.Cc1cc(C)cc(-c2ncn(/C=C\C(=O)O)n2)c1. The molecular formula is C43H58N12O8. The highest BCUT2D eigenvalue weighted by Crippen LogP contribution is 2.20. The quantitative estimate of drug-likeness (QED) is 0.0699. The van der Waals surface area contributed by atoms with Crippen LogP contribution in [-0.4, -0.2) is 138 Å². The van der Waals surface area contributed by atoms with Crippen molar-refractivity contribution in [2.24, 2.45) is 5.73 Å². The molecule has 0 saturated carbocycles. The number of morpholine rings is 2. The third kappa shape index (κ3) is 15.4. The van der Waals surface area contributed by atoms with Gasteiger partial charge in [0.1, 0.15) is 12.7 Å². The monoisotopic (exact) mass is 870 g/mol. The molecular weight excluding hydrogens is 813 g/mol. The van der Waals surface area contributed by atoms with E-state index in [9.17, 15) is 24.0 Å². The number of ether oxygens (including phenoxy) is 2. The lowest BCUT2D eigenvalue weighted by molar-refractivity contribution is -0.155. The van der Waals surface area contributed by atoms with Crippen LogP contribution in [0.2, 0.25) is 0 Å². The van der Waals surface area contributed by atoms with Gasteiger partial charge in [-0.05, 0) is 79.7 Å². The molecule has 63 heavy (non-hydrogen) atoms. The van der Waals surface area contributed by atoms with Gasteiger partial charge in [-0.15, -0.1) is 10.2 Å². The second-order valence-electron chi connectivity index (χ2n) is 15.4. The van der Waals surface area contributed by atoms with Gasteiger partial charge in [0.2, 0.25) is 5.91 Å². The standard InChI is InChI=1S/C21H26N6O4.C13H13N3O2.C9H19N3O2/c1-13-7-14(2)9-17(8-13)19-22-12-26(25-19)6-5-18(28)23-24-20(29)21(30)27-15(3)10-31-11-16(27)4;1-9-5-10(2)7-11(6-9)13-14-8-16(15-13)4-3-12(17)18;1-7-4-14-5-8(2)12(7)3-9(13)11-6-10/h5-9,12,15-16H,10-11H2,1-4H3,(H,23,28)(H,24,29);3-8H,1-2H3,(H,17,18);7-8H,3-6,10H2,1-2H3,(H,11,13)/b6-5-;4-3-;. The third-order valence-corrected chi connectivity index (χ3v) is 9.60. The Bertz CT molecular complexity index is 2210. The fraction of sp³-hybridized carbons (Fsp3) is 0.419. The summed E-state index contributed by atoms with van der Waals surface area (Å²) < 4.78 is 13.5. The van der Waals surface area contributed by atoms with E-state index in [0.717, 1.165) is 39.5 Å². The van der Waals surface area contributed by atoms with Crippen molar-refractivity contribution < 1.29 is 38.6 Å². The van der Waals surface area contributed by atoms with Gasteiger partial charge in [-0.2, -0.15) is 0 Å². The molecule has 2 fully saturated rings. The Kier molecular flexibility index (Phi) is 18.3. The van der Waals surface area contributed by atoms with Crippen molar-refractivity contribution in [2.75, 3.05) is 39.6 Å². The van der Waals surface area contributed by atoms with E-state index in [4.69, 9.17) is 20.3 Å². The predicted molar refractivity (Wildman–Crippen MR) is 235 cm³/mol. The van der Waals surface area contributed by atoms with E-state index in [-0.39, 0.29) is 24.7 Å². The molecule has 0 bridgehead atoms. The molecule has 6 N–H and O–H groups in total. The number of nitrogens with one attached hydrogen (secondary N) is 3. The summed E-state index contributed by atoms with van der Waals surface area (Å²) >= 11 is 0. The number of amides is 4. The first-order valence-electron chi connectivity index (χ1n) is 20.3. The first kappa shape index (κ1) is 49.0. The molecule has 20 nitrogen and oxygen atoms in total. The molecule has 0 spiro atoms. The van der Waals surface area contributed by atoms with Crippen LogP contribution in [0.1, 0.15) is 49.9 Å². The van der Waals surface area contributed by atoms with Gasteiger partial charge in [-0.25, -0.2) is 24.1 Å². The molecule has 4 heterocycles. The second kappa shape index (κ2) is 23.6. The molecule has 4 unspecified atom stereocenters. The first-order valence-corrected chi connectivity index (χ1v) is 20.3. The van der Waals surface area contributed by atoms with E-state index in [1.165, 1.54) is 45.4 Å². The van der Waals surface area contributed by atoms with Crippen molar-refractivity contribution in [3.05, 3.63) is 83.5 Å². The van der Waals surface area contributed by atoms with Gasteiger partial charge in [-0.3, -0.25) is 34.9 Å². The molecule has 0 radical (unpaired) electrons. The predicted octanol–water partition coefficient (Wildman–Crippen LogP) is 2.06. The number of rotatable bonds is 9. The highest BCUT2D eigenvalue weighted by molar-refractivity contribution is 6.35. The Labute approximate surface area is 366 Å². The fourth-order valence-electron chi connectivity index (χ4n) is 6.87. The average Bonchev–Trinajstić information content (AvgIpc) is 3.90. The van der Waals surface area contributed by atoms with E-state index in [1.54, 1.807) is 13.8 Å². The Morgan fingerprint density at radius 1 is 0.698 bits per heavy atom. The number of nitrogens with two attached hydrogens (primary N) is 1. The summed E-state index contributed by atoms with van der Waals surface area (Å²) in [4.78, 5) is 70.2. The smallest absolute Gasteiger partial charge is 0.329 e. The van der Waals surface area contributed by atoms with Crippen molar-refractivity contribution in [1.29, 1.82) is 0 Å². The maximum atomic E-state index is 12.4. The van der Waals surface area contributed by atoms with Crippen LogP contribution in [0.3, 0.4) is 0 Å². The zero-order chi connectivity index (χ0) is 46.2. The van der Waals surface area contributed by atoms with Crippen LogP contribution in [-0.2, 0) is 33.4 Å². The summed E-state index contributed by atoms with van der Waals surface area (Å²) in [5.41, 5.74) is 15.8. The molecule has 2 aliphatic heterocycles. The molecule has 2 aromatic heterocycles. The van der Waals surface area contributed by atoms with E-state index in [0.29, 0.717) is 56.7 Å². The van der Waals surface area contributed by atoms with E-state index in [1.807, 2.05) is 52.0 Å². The molecule has 2 aromatic carbocycles. The normalized spacial score (nSPS) is 18.8. The van der Waals surface area contributed by atoms with Crippen LogP contribution in [0.25, 0.3) is 35.2 Å². The van der Waals surface area contributed by atoms with Crippen LogP contribution in [0.5, 0.6) is 0 Å². The zero-order valence-electron chi connectivity index (χ0n) is 36.9. The number of hydrogen-bond donors (Lipinski definition) is 5. The number of aliphatic carboxylic acids is 1. The largest absolute Gasteiger partial charge is 0.478 e. The van der Waals surface area contributed by atoms with Crippen molar-refractivity contribution in [1.82, 2.24) is 55.5 Å². The summed E-state index contributed by atoms with van der Waals surface area (Å²) in [7, 11) is 0. The van der Waals surface area contributed by atoms with Gasteiger partial charge in [0.25, 0.3) is 5.91 Å². The summed E-state index contributed by atoms with van der Waals surface area (Å²) in [6.07, 6.45) is 7.88. The summed E-state index contributed by atoms with van der Waals surface area (Å²) in [5, 5.41) is 19.6. The van der Waals surface area contributed by atoms with Gasteiger partial charge in [-0.1, -0.05) is 34.4 Å². The van der Waals surface area contributed by atoms with E-state index < -0.39 is 23.7 Å². The lowest BCUT2D eigenvalue weighted by Crippen LogP contribution is -2.58. The van der Waals surface area contributed by atoms with Gasteiger partial charge in [0, 0.05) is 47.8 Å². The molecule has 4 aromatic rings. The van der Waals surface area contributed by atoms with E-state index in [2.05, 4.69) is 67.2 Å². The molecule has 20 heteroatoms. The molecule has 4 amide bonds. The third-order valence-electron chi connectivity index (χ3n) is 9.60. The highest BCUT2D eigenvalue weighted by atomic mass is 16.5. The summed E-state index contributed by atoms with van der Waals surface area (Å²) in [6.45, 7) is 18.5. The van der Waals surface area contributed by atoms with Crippen molar-refractivity contribution >= 4 is 42.0 Å². The molecule has 338 valence electrons. The van der Waals surface area contributed by atoms with E-state index >= 15 is 0 Å². The number of nitrogens with zero attached hydrogens (tertiary/aromatic N) is 8. The molecule has 2 saturated heterocycles. The molecule has 4 atom stereocenters. The lowest BCUT2D eigenvalue weighted by Gasteiger charge is -2.38. The molecule has 0 aliphatic carbocycles. The Morgan fingerprint density at radius 2 is 1.14 bits per heavy atom. The van der Waals surface area contributed by atoms with Crippen LogP contribution in [0, 0.1) is 27.7 Å². The number of hydrazine groups is 1. The first-order chi connectivity index (χ1) is 29.9. The number of benzene rings is 2. The number of carbonyl (C=O) groups excluding carboxylic acids is 4. The Morgan fingerprint density at radius 3 is 1.59 bits per heavy atom. The number of carbonyl (C=O) groups is 5. The van der Waals surface area contributed by atoms with Crippen molar-refractivity contribution in [2.45, 2.75) is 79.6 Å². The van der Waals surface area contributed by atoms with Crippen molar-refractivity contribution in [3.8, 4) is 22.8 Å². The minimum Gasteiger partial charge on any atom is -0.478 e. The number of aryl methyl sites for hydroxylation is 4. The average molecular weight is 871 g/mol. The Balaban J connectivity index is 0.000000230. The zero-order valence-corrected chi connectivity index (χ0v) is 36.9. The van der Waals surface area contributed by atoms with Crippen LogP contribution < -0.4 is 21.9 Å². The van der Waals surface area contributed by atoms with Gasteiger partial charge < -0.3 is 30.5 Å². The second-order valence-corrected chi connectivity index (χ2v) is 15.4. The van der Waals surface area contributed by atoms with Crippen LogP contribution >= 0.6 is 0 Å². The number of hydrogen-bond acceptors (Lipinski definition) is 13. The van der Waals surface area contributed by atoms with Crippen LogP contribution in [0.15, 0.2) is 61.2 Å². The fourth-order valence-corrected chi connectivity index (χ4v) is 6.87. The maximum absolute atomic E-state index is 12.4. The summed E-state index contributed by atoms with van der Waals surface area (Å²) in [6, 6.07) is 12.2. The van der Waals surface area contributed by atoms with Gasteiger partial charge >= 0.3 is 17.8 Å². The number of aromatic nitrogens is 6. The molecule has 2 aliphatic rings. The lowest BCUT2D eigenvalue weighted by atomic mass is 10.1.